The first-order valence-corrected chi connectivity index (χ1v) is 5.00. The van der Waals surface area contributed by atoms with Crippen molar-refractivity contribution < 1.29 is 4.92 Å². The number of hydrogen-bond acceptors (Lipinski definition) is 5. The van der Waals surface area contributed by atoms with E-state index in [0.29, 0.717) is 12.4 Å². The summed E-state index contributed by atoms with van der Waals surface area (Å²) in [4.78, 5) is 16.1. The Hall–Kier alpha value is -2.11. The molecule has 2 rings (SSSR count). The van der Waals surface area contributed by atoms with Crippen molar-refractivity contribution in [3.8, 4) is 0 Å². The Bertz CT molecular complexity index is 405. The summed E-state index contributed by atoms with van der Waals surface area (Å²) >= 11 is 0. The molecule has 1 fully saturated rings. The van der Waals surface area contributed by atoms with Gasteiger partial charge >= 0.3 is 0 Å². The maximum absolute atomic E-state index is 10.4. The van der Waals surface area contributed by atoms with Gasteiger partial charge in [0, 0.05) is 19.3 Å². The number of pyridine rings is 1. The van der Waals surface area contributed by atoms with E-state index in [1.165, 1.54) is 0 Å². The molecule has 0 atom stereocenters. The minimum atomic E-state index is -0.445. The molecule has 6 nitrogen and oxygen atoms in total. The van der Waals surface area contributed by atoms with Gasteiger partial charge in [0.1, 0.15) is 0 Å². The summed E-state index contributed by atoms with van der Waals surface area (Å²) in [5, 5.41) is 13.4. The van der Waals surface area contributed by atoms with Crippen molar-refractivity contribution in [3.63, 3.8) is 0 Å². The zero-order chi connectivity index (χ0) is 11.4. The predicted octanol–water partition coefficient (Wildman–Crippen LogP) is 0.562. The number of nitrogens with zero attached hydrogens (tertiary/aromatic N) is 3. The second-order valence-electron chi connectivity index (χ2n) is 3.47. The lowest BCUT2D eigenvalue weighted by Crippen LogP contribution is -2.21. The highest BCUT2D eigenvalue weighted by molar-refractivity contribution is 5.08. The molecule has 1 aliphatic rings. The number of nitro groups is 1. The molecule has 2 heterocycles. The van der Waals surface area contributed by atoms with Gasteiger partial charge in [-0.05, 0) is 12.1 Å². The Morgan fingerprint density at radius 2 is 2.50 bits per heavy atom. The van der Waals surface area contributed by atoms with Crippen molar-refractivity contribution in [1.29, 1.82) is 0 Å². The molecule has 1 aliphatic heterocycles. The Morgan fingerprint density at radius 1 is 1.62 bits per heavy atom. The van der Waals surface area contributed by atoms with Gasteiger partial charge in [0.15, 0.2) is 5.82 Å². The Balaban J connectivity index is 2.07. The van der Waals surface area contributed by atoms with Gasteiger partial charge in [-0.15, -0.1) is 0 Å². The number of hydrogen-bond donors (Lipinski definition) is 1. The van der Waals surface area contributed by atoms with E-state index in [0.717, 1.165) is 25.0 Å². The van der Waals surface area contributed by atoms with E-state index in [2.05, 4.69) is 10.3 Å². The van der Waals surface area contributed by atoms with Crippen molar-refractivity contribution in [2.75, 3.05) is 13.1 Å². The van der Waals surface area contributed by atoms with Crippen molar-refractivity contribution >= 4 is 0 Å². The Morgan fingerprint density at radius 3 is 3.19 bits per heavy atom. The molecule has 1 aromatic heterocycles. The van der Waals surface area contributed by atoms with Crippen molar-refractivity contribution in [3.05, 3.63) is 52.2 Å². The van der Waals surface area contributed by atoms with Crippen LogP contribution in [0.5, 0.6) is 0 Å². The summed E-state index contributed by atoms with van der Waals surface area (Å²) in [6.07, 6.45) is 2.71. The minimum absolute atomic E-state index is 0.445. The number of aromatic nitrogens is 1. The Labute approximate surface area is 92.7 Å². The van der Waals surface area contributed by atoms with Gasteiger partial charge in [0.2, 0.25) is 0 Å². The van der Waals surface area contributed by atoms with E-state index in [1.807, 2.05) is 23.1 Å². The summed E-state index contributed by atoms with van der Waals surface area (Å²) < 4.78 is 0. The van der Waals surface area contributed by atoms with E-state index >= 15 is 0 Å². The average Bonchev–Trinajstić information content (AvgIpc) is 2.66. The fraction of sp³-hybridized carbons (Fsp3) is 0.300. The van der Waals surface area contributed by atoms with Gasteiger partial charge in [-0.2, -0.15) is 0 Å². The molecule has 16 heavy (non-hydrogen) atoms. The molecule has 1 aromatic rings. The Kier molecular flexibility index (Phi) is 3.00. The number of nitrogens with one attached hydrogen (secondary N) is 1. The fourth-order valence-corrected chi connectivity index (χ4v) is 1.63. The maximum Gasteiger partial charge on any atom is 0.274 e. The first-order valence-electron chi connectivity index (χ1n) is 5.00. The second kappa shape index (κ2) is 4.61. The molecule has 0 spiro atoms. The molecule has 0 saturated carbocycles. The molecule has 0 aliphatic carbocycles. The van der Waals surface area contributed by atoms with Crippen LogP contribution in [-0.2, 0) is 6.54 Å². The van der Waals surface area contributed by atoms with E-state index in [9.17, 15) is 10.1 Å². The van der Waals surface area contributed by atoms with Crippen LogP contribution in [0.4, 0.5) is 0 Å². The SMILES string of the molecule is O=[N+]([O-])/C=C1\NCCN1Cc1ccccn1. The van der Waals surface area contributed by atoms with Crippen LogP contribution in [0.1, 0.15) is 5.69 Å². The normalized spacial score (nSPS) is 17.5. The van der Waals surface area contributed by atoms with Gasteiger partial charge in [-0.3, -0.25) is 15.1 Å². The molecule has 0 aromatic carbocycles. The van der Waals surface area contributed by atoms with Gasteiger partial charge in [-0.25, -0.2) is 0 Å². The molecule has 0 radical (unpaired) electrons. The summed E-state index contributed by atoms with van der Waals surface area (Å²) in [5.41, 5.74) is 0.903. The van der Waals surface area contributed by atoms with Gasteiger partial charge in [-0.1, -0.05) is 6.07 Å². The van der Waals surface area contributed by atoms with Crippen LogP contribution >= 0.6 is 0 Å². The molecule has 1 N–H and O–H groups in total. The highest BCUT2D eigenvalue weighted by atomic mass is 16.6. The van der Waals surface area contributed by atoms with Crippen LogP contribution in [-0.4, -0.2) is 27.9 Å². The van der Waals surface area contributed by atoms with Crippen LogP contribution in [0.2, 0.25) is 0 Å². The maximum atomic E-state index is 10.4. The van der Waals surface area contributed by atoms with E-state index < -0.39 is 4.92 Å². The molecule has 1 saturated heterocycles. The zero-order valence-electron chi connectivity index (χ0n) is 8.67. The van der Waals surface area contributed by atoms with Crippen LogP contribution in [0.15, 0.2) is 36.4 Å². The molecule has 6 heteroatoms. The molecule has 0 amide bonds. The third kappa shape index (κ3) is 2.47. The molecular weight excluding hydrogens is 208 g/mol. The average molecular weight is 220 g/mol. The zero-order valence-corrected chi connectivity index (χ0v) is 8.67. The van der Waals surface area contributed by atoms with Gasteiger partial charge < -0.3 is 10.2 Å². The monoisotopic (exact) mass is 220 g/mol. The summed E-state index contributed by atoms with van der Waals surface area (Å²) in [6.45, 7) is 2.08. The highest BCUT2D eigenvalue weighted by Crippen LogP contribution is 2.11. The van der Waals surface area contributed by atoms with Crippen molar-refractivity contribution in [1.82, 2.24) is 15.2 Å². The first kappa shape index (κ1) is 10.4. The summed E-state index contributed by atoms with van der Waals surface area (Å²) in [5.74, 6) is 0.552. The molecule has 84 valence electrons. The van der Waals surface area contributed by atoms with Crippen molar-refractivity contribution in [2.45, 2.75) is 6.54 Å². The lowest BCUT2D eigenvalue weighted by atomic mass is 10.3. The van der Waals surface area contributed by atoms with Crippen LogP contribution in [0.3, 0.4) is 0 Å². The second-order valence-corrected chi connectivity index (χ2v) is 3.47. The molecule has 0 unspecified atom stereocenters. The highest BCUT2D eigenvalue weighted by Gasteiger charge is 2.19. The lowest BCUT2D eigenvalue weighted by molar-refractivity contribution is -0.404. The largest absolute Gasteiger partial charge is 0.365 e. The lowest BCUT2D eigenvalue weighted by Gasteiger charge is -2.16. The summed E-state index contributed by atoms with van der Waals surface area (Å²) in [7, 11) is 0. The van der Waals surface area contributed by atoms with Crippen LogP contribution < -0.4 is 5.32 Å². The predicted molar refractivity (Wildman–Crippen MR) is 57.7 cm³/mol. The topological polar surface area (TPSA) is 71.3 Å². The molecular formula is C10H12N4O2. The first-order chi connectivity index (χ1) is 7.75. The quantitative estimate of drug-likeness (QED) is 0.595. The number of rotatable bonds is 3. The third-order valence-corrected chi connectivity index (χ3v) is 2.34. The van der Waals surface area contributed by atoms with Gasteiger partial charge in [0.05, 0.1) is 17.2 Å². The summed E-state index contributed by atoms with van der Waals surface area (Å²) in [6, 6.07) is 5.66. The standard InChI is InChI=1S/C10H12N4O2/c15-14(16)8-10-12-5-6-13(10)7-9-3-1-2-4-11-9/h1-4,8,12H,5-7H2/b10-8+. The van der Waals surface area contributed by atoms with Crippen molar-refractivity contribution in [2.24, 2.45) is 0 Å². The van der Waals surface area contributed by atoms with Gasteiger partial charge in [0.25, 0.3) is 6.20 Å². The minimum Gasteiger partial charge on any atom is -0.365 e. The smallest absolute Gasteiger partial charge is 0.274 e. The van der Waals surface area contributed by atoms with Crippen LogP contribution in [0, 0.1) is 10.1 Å². The van der Waals surface area contributed by atoms with E-state index in [-0.39, 0.29) is 0 Å². The van der Waals surface area contributed by atoms with E-state index in [4.69, 9.17) is 0 Å². The van der Waals surface area contributed by atoms with Crippen LogP contribution in [0.25, 0.3) is 0 Å². The fourth-order valence-electron chi connectivity index (χ4n) is 1.63. The van der Waals surface area contributed by atoms with E-state index in [1.54, 1.807) is 6.20 Å². The molecule has 0 bridgehead atoms. The third-order valence-electron chi connectivity index (χ3n) is 2.34.